The summed E-state index contributed by atoms with van der Waals surface area (Å²) in [7, 11) is -6.76. The van der Waals surface area contributed by atoms with Crippen LogP contribution < -0.4 is 16.0 Å². The van der Waals surface area contributed by atoms with Crippen LogP contribution in [0, 0.1) is 12.7 Å². The largest absolute Gasteiger partial charge is 0.340 e. The van der Waals surface area contributed by atoms with Gasteiger partial charge in [-0.2, -0.15) is 9.29 Å². The summed E-state index contributed by atoms with van der Waals surface area (Å²) in [5.41, 5.74) is 1.81. The van der Waals surface area contributed by atoms with E-state index in [1.165, 1.54) is 28.8 Å². The van der Waals surface area contributed by atoms with Crippen LogP contribution in [-0.4, -0.2) is 68.8 Å². The molecule has 4 rings (SSSR count). The molecular weight excluding hydrogens is 519 g/mol. The number of aromatic nitrogens is 2. The van der Waals surface area contributed by atoms with E-state index in [2.05, 4.69) is 25.9 Å². The first-order valence-electron chi connectivity index (χ1n) is 11.6. The minimum Gasteiger partial charge on any atom is -0.340 e. The van der Waals surface area contributed by atoms with Gasteiger partial charge in [-0.1, -0.05) is 0 Å². The van der Waals surface area contributed by atoms with Crippen molar-refractivity contribution in [2.24, 2.45) is 0 Å². The van der Waals surface area contributed by atoms with Gasteiger partial charge in [0.05, 0.1) is 10.6 Å². The number of anilines is 4. The second kappa shape index (κ2) is 11.1. The molecule has 13 heteroatoms. The van der Waals surface area contributed by atoms with Crippen LogP contribution in [0.4, 0.5) is 27.5 Å². The SMILES string of the molecule is Cc1cc(Nc2ccnc(Nc3ccc(S(=O)(=O)N4CCC(NCCS(C)(=O)=O)C4)cc3)n2)ccc1F. The van der Waals surface area contributed by atoms with Crippen molar-refractivity contribution < 1.29 is 21.2 Å². The molecular formula is C24H29FN6O4S2. The summed E-state index contributed by atoms with van der Waals surface area (Å²) >= 11 is 0. The predicted molar refractivity (Wildman–Crippen MR) is 141 cm³/mol. The first-order valence-corrected chi connectivity index (χ1v) is 15.1. The number of nitrogens with one attached hydrogen (secondary N) is 3. The molecule has 1 aliphatic heterocycles. The first kappa shape index (κ1) is 26.9. The minimum atomic E-state index is -3.68. The summed E-state index contributed by atoms with van der Waals surface area (Å²) < 4.78 is 63.6. The Labute approximate surface area is 216 Å². The lowest BCUT2D eigenvalue weighted by molar-refractivity contribution is 0.459. The number of hydrogen-bond donors (Lipinski definition) is 3. The van der Waals surface area contributed by atoms with Crippen molar-refractivity contribution in [3.05, 3.63) is 66.1 Å². The highest BCUT2D eigenvalue weighted by molar-refractivity contribution is 7.90. The quantitative estimate of drug-likeness (QED) is 0.350. The molecule has 0 amide bonds. The summed E-state index contributed by atoms with van der Waals surface area (Å²) in [5.74, 6) is 0.546. The molecule has 3 N–H and O–H groups in total. The van der Waals surface area contributed by atoms with E-state index in [0.717, 1.165) is 0 Å². The molecule has 3 aromatic rings. The molecule has 1 aliphatic rings. The summed E-state index contributed by atoms with van der Waals surface area (Å²) in [6.45, 7) is 2.62. The second-order valence-electron chi connectivity index (χ2n) is 8.94. The maximum Gasteiger partial charge on any atom is 0.243 e. The van der Waals surface area contributed by atoms with E-state index in [4.69, 9.17) is 0 Å². The molecule has 1 atom stereocenters. The Morgan fingerprint density at radius 3 is 2.46 bits per heavy atom. The Hall–Kier alpha value is -3.13. The molecule has 0 spiro atoms. The lowest BCUT2D eigenvalue weighted by Crippen LogP contribution is -2.37. The summed E-state index contributed by atoms with van der Waals surface area (Å²) in [5, 5.41) is 9.28. The van der Waals surface area contributed by atoms with Crippen LogP contribution in [0.2, 0.25) is 0 Å². The highest BCUT2D eigenvalue weighted by Gasteiger charge is 2.32. The Morgan fingerprint density at radius 1 is 1.03 bits per heavy atom. The van der Waals surface area contributed by atoms with E-state index in [1.807, 2.05) is 0 Å². The Balaban J connectivity index is 1.36. The Bertz CT molecular complexity index is 1470. The highest BCUT2D eigenvalue weighted by Crippen LogP contribution is 2.24. The van der Waals surface area contributed by atoms with Crippen LogP contribution >= 0.6 is 0 Å². The standard InChI is InChI=1S/C24H29FN6O4S2/c1-17-15-19(5-8-22(17)25)28-23-9-11-27-24(30-23)29-18-3-6-21(7-4-18)37(34,35)31-13-10-20(16-31)26-12-14-36(2,32)33/h3-9,11,15,20,26H,10,12-14,16H2,1-2H3,(H2,27,28,29,30). The van der Waals surface area contributed by atoms with Crippen molar-refractivity contribution in [3.8, 4) is 0 Å². The van der Waals surface area contributed by atoms with Crippen LogP contribution in [0.5, 0.6) is 0 Å². The van der Waals surface area contributed by atoms with Gasteiger partial charge in [0, 0.05) is 49.5 Å². The summed E-state index contributed by atoms with van der Waals surface area (Å²) in [6.07, 6.45) is 3.36. The zero-order valence-corrected chi connectivity index (χ0v) is 22.1. The number of benzene rings is 2. The number of aryl methyl sites for hydroxylation is 1. The number of halogens is 1. The smallest absolute Gasteiger partial charge is 0.243 e. The molecule has 0 aliphatic carbocycles. The third-order valence-corrected chi connectivity index (χ3v) is 8.72. The van der Waals surface area contributed by atoms with Crippen molar-refractivity contribution in [3.63, 3.8) is 0 Å². The van der Waals surface area contributed by atoms with Gasteiger partial charge >= 0.3 is 0 Å². The third kappa shape index (κ3) is 7.22. The average Bonchev–Trinajstić information content (AvgIpc) is 3.31. The fourth-order valence-electron chi connectivity index (χ4n) is 3.91. The molecule has 1 aromatic heterocycles. The molecule has 1 saturated heterocycles. The lowest BCUT2D eigenvalue weighted by atomic mass is 10.2. The first-order chi connectivity index (χ1) is 17.5. The van der Waals surface area contributed by atoms with Gasteiger partial charge in [0.1, 0.15) is 21.5 Å². The van der Waals surface area contributed by atoms with E-state index in [-0.39, 0.29) is 29.1 Å². The minimum absolute atomic E-state index is 0.0132. The topological polar surface area (TPSA) is 133 Å². The number of sulfonamides is 1. The van der Waals surface area contributed by atoms with Crippen LogP contribution in [0.25, 0.3) is 0 Å². The molecule has 0 radical (unpaired) electrons. The predicted octanol–water partition coefficient (Wildman–Crippen LogP) is 2.81. The normalized spacial score (nSPS) is 16.6. The van der Waals surface area contributed by atoms with Crippen molar-refractivity contribution in [1.29, 1.82) is 0 Å². The monoisotopic (exact) mass is 548 g/mol. The van der Waals surface area contributed by atoms with Gasteiger partial charge in [-0.05, 0) is 67.4 Å². The van der Waals surface area contributed by atoms with Gasteiger partial charge in [-0.15, -0.1) is 0 Å². The molecule has 10 nitrogen and oxygen atoms in total. The van der Waals surface area contributed by atoms with E-state index < -0.39 is 19.9 Å². The number of nitrogens with zero attached hydrogens (tertiary/aromatic N) is 3. The van der Waals surface area contributed by atoms with Crippen molar-refractivity contribution in [1.82, 2.24) is 19.6 Å². The Kier molecular flexibility index (Phi) is 8.07. The second-order valence-corrected chi connectivity index (χ2v) is 13.1. The van der Waals surface area contributed by atoms with Crippen LogP contribution in [0.1, 0.15) is 12.0 Å². The fourth-order valence-corrected chi connectivity index (χ4v) is 5.90. The zero-order chi connectivity index (χ0) is 26.6. The van der Waals surface area contributed by atoms with Gasteiger partial charge in [0.2, 0.25) is 16.0 Å². The lowest BCUT2D eigenvalue weighted by Gasteiger charge is -2.17. The number of hydrogen-bond acceptors (Lipinski definition) is 9. The van der Waals surface area contributed by atoms with Crippen molar-refractivity contribution in [2.45, 2.75) is 24.3 Å². The van der Waals surface area contributed by atoms with E-state index in [0.29, 0.717) is 48.2 Å². The average molecular weight is 549 g/mol. The van der Waals surface area contributed by atoms with Gasteiger partial charge in [-0.25, -0.2) is 26.2 Å². The zero-order valence-electron chi connectivity index (χ0n) is 20.5. The molecule has 1 unspecified atom stereocenters. The maximum atomic E-state index is 13.5. The highest BCUT2D eigenvalue weighted by atomic mass is 32.2. The van der Waals surface area contributed by atoms with Crippen molar-refractivity contribution >= 4 is 43.0 Å². The third-order valence-electron chi connectivity index (χ3n) is 5.89. The molecule has 0 bridgehead atoms. The number of sulfone groups is 1. The van der Waals surface area contributed by atoms with Gasteiger partial charge in [0.15, 0.2) is 0 Å². The van der Waals surface area contributed by atoms with Gasteiger partial charge in [0.25, 0.3) is 0 Å². The van der Waals surface area contributed by atoms with Gasteiger partial charge < -0.3 is 16.0 Å². The molecule has 198 valence electrons. The van der Waals surface area contributed by atoms with Crippen LogP contribution in [0.15, 0.2) is 59.6 Å². The maximum absolute atomic E-state index is 13.5. The van der Waals surface area contributed by atoms with Crippen molar-refractivity contribution in [2.75, 3.05) is 42.3 Å². The molecule has 0 saturated carbocycles. The van der Waals surface area contributed by atoms with Gasteiger partial charge in [-0.3, -0.25) is 0 Å². The Morgan fingerprint density at radius 2 is 1.76 bits per heavy atom. The van der Waals surface area contributed by atoms with E-state index >= 15 is 0 Å². The molecule has 2 aromatic carbocycles. The van der Waals surface area contributed by atoms with Crippen LogP contribution in [0.3, 0.4) is 0 Å². The molecule has 37 heavy (non-hydrogen) atoms. The number of rotatable bonds is 10. The van der Waals surface area contributed by atoms with E-state index in [1.54, 1.807) is 43.5 Å². The molecule has 1 fully saturated rings. The van der Waals surface area contributed by atoms with Crippen LogP contribution in [-0.2, 0) is 19.9 Å². The van der Waals surface area contributed by atoms with E-state index in [9.17, 15) is 21.2 Å². The molecule has 2 heterocycles. The fraction of sp³-hybridized carbons (Fsp3) is 0.333. The summed E-state index contributed by atoms with van der Waals surface area (Å²) in [4.78, 5) is 8.76. The summed E-state index contributed by atoms with van der Waals surface area (Å²) in [6, 6.07) is 12.6.